The summed E-state index contributed by atoms with van der Waals surface area (Å²) in [6, 6.07) is 9.23. The fraction of sp³-hybridized carbons (Fsp3) is 0.647. The van der Waals surface area contributed by atoms with Gasteiger partial charge in [-0.1, -0.05) is 12.1 Å². The van der Waals surface area contributed by atoms with Gasteiger partial charge in [0.25, 0.3) is 0 Å². The molecule has 0 heterocycles. The average Bonchev–Trinajstić information content (AvgIpc) is 2.45. The van der Waals surface area contributed by atoms with Crippen LogP contribution in [0.5, 0.6) is 5.75 Å². The molecule has 3 heteroatoms. The molecule has 2 rings (SSSR count). The van der Waals surface area contributed by atoms with Crippen LogP contribution >= 0.6 is 0 Å². The fourth-order valence-electron chi connectivity index (χ4n) is 2.79. The predicted octanol–water partition coefficient (Wildman–Crippen LogP) is 3.35. The molecule has 0 amide bonds. The van der Waals surface area contributed by atoms with Crippen molar-refractivity contribution in [3.63, 3.8) is 0 Å². The lowest BCUT2D eigenvalue weighted by molar-refractivity contribution is 0.191. The van der Waals surface area contributed by atoms with E-state index in [4.69, 9.17) is 9.47 Å². The quantitative estimate of drug-likeness (QED) is 0.702. The number of unbranched alkanes of at least 4 members (excludes halogenated alkanes) is 2. The molecule has 1 aliphatic carbocycles. The fourth-order valence-corrected chi connectivity index (χ4v) is 2.79. The van der Waals surface area contributed by atoms with Crippen molar-refractivity contribution in [3.8, 4) is 5.75 Å². The van der Waals surface area contributed by atoms with Gasteiger partial charge in [0.2, 0.25) is 0 Å². The minimum absolute atomic E-state index is 0.713. The van der Waals surface area contributed by atoms with Crippen molar-refractivity contribution in [1.82, 2.24) is 5.32 Å². The monoisotopic (exact) mass is 277 g/mol. The van der Waals surface area contributed by atoms with E-state index >= 15 is 0 Å². The highest BCUT2D eigenvalue weighted by atomic mass is 16.5. The van der Waals surface area contributed by atoms with Crippen LogP contribution in [0.3, 0.4) is 0 Å². The van der Waals surface area contributed by atoms with E-state index < -0.39 is 0 Å². The van der Waals surface area contributed by atoms with E-state index in [0.717, 1.165) is 24.8 Å². The van der Waals surface area contributed by atoms with Gasteiger partial charge in [-0.05, 0) is 62.3 Å². The summed E-state index contributed by atoms with van der Waals surface area (Å²) >= 11 is 0. The molecule has 3 nitrogen and oxygen atoms in total. The molecule has 0 unspecified atom stereocenters. The Labute approximate surface area is 122 Å². The molecule has 1 aliphatic rings. The van der Waals surface area contributed by atoms with Crippen LogP contribution in [0.1, 0.15) is 43.6 Å². The van der Waals surface area contributed by atoms with Gasteiger partial charge in [0.05, 0.1) is 7.11 Å². The molecule has 0 atom stereocenters. The van der Waals surface area contributed by atoms with Crippen molar-refractivity contribution >= 4 is 0 Å². The lowest BCUT2D eigenvalue weighted by Gasteiger charge is -2.36. The Morgan fingerprint density at radius 1 is 1.05 bits per heavy atom. The summed E-state index contributed by atoms with van der Waals surface area (Å²) in [7, 11) is 3.48. The Bertz CT molecular complexity index is 371. The van der Waals surface area contributed by atoms with Gasteiger partial charge in [-0.3, -0.25) is 0 Å². The Morgan fingerprint density at radius 2 is 1.80 bits per heavy atom. The second kappa shape index (κ2) is 8.28. The van der Waals surface area contributed by atoms with Crippen molar-refractivity contribution in [1.29, 1.82) is 0 Å². The molecule has 0 saturated heterocycles. The van der Waals surface area contributed by atoms with E-state index in [0.29, 0.717) is 6.04 Å². The van der Waals surface area contributed by atoms with Crippen LogP contribution in [0.4, 0.5) is 0 Å². The van der Waals surface area contributed by atoms with E-state index in [1.165, 1.54) is 37.7 Å². The zero-order chi connectivity index (χ0) is 14.2. The maximum Gasteiger partial charge on any atom is 0.118 e. The van der Waals surface area contributed by atoms with Crippen molar-refractivity contribution < 1.29 is 9.47 Å². The number of benzene rings is 1. The van der Waals surface area contributed by atoms with E-state index in [1.807, 2.05) is 0 Å². The molecule has 1 saturated carbocycles. The van der Waals surface area contributed by atoms with Gasteiger partial charge in [0, 0.05) is 19.8 Å². The first-order valence-corrected chi connectivity index (χ1v) is 7.69. The molecule has 20 heavy (non-hydrogen) atoms. The van der Waals surface area contributed by atoms with Crippen LogP contribution in [-0.4, -0.2) is 33.4 Å². The minimum Gasteiger partial charge on any atom is -0.497 e. The average molecular weight is 277 g/mol. The van der Waals surface area contributed by atoms with E-state index in [-0.39, 0.29) is 0 Å². The maximum absolute atomic E-state index is 5.19. The van der Waals surface area contributed by atoms with E-state index in [1.54, 1.807) is 14.2 Å². The molecule has 0 aromatic heterocycles. The van der Waals surface area contributed by atoms with Gasteiger partial charge in [0.1, 0.15) is 5.75 Å². The summed E-state index contributed by atoms with van der Waals surface area (Å²) in [6.07, 6.45) is 6.23. The topological polar surface area (TPSA) is 30.5 Å². The number of rotatable bonds is 9. The lowest BCUT2D eigenvalue weighted by Crippen LogP contribution is -2.40. The van der Waals surface area contributed by atoms with Crippen LogP contribution in [0.15, 0.2) is 24.3 Å². The third kappa shape index (κ3) is 4.50. The molecule has 112 valence electrons. The number of hydrogen-bond donors (Lipinski definition) is 1. The first kappa shape index (κ1) is 15.3. The van der Waals surface area contributed by atoms with Gasteiger partial charge in [0.15, 0.2) is 0 Å². The number of hydrogen-bond acceptors (Lipinski definition) is 3. The summed E-state index contributed by atoms with van der Waals surface area (Å²) in [5, 5.41) is 3.65. The first-order valence-electron chi connectivity index (χ1n) is 7.69. The van der Waals surface area contributed by atoms with Gasteiger partial charge >= 0.3 is 0 Å². The highest BCUT2D eigenvalue weighted by Gasteiger charge is 2.29. The predicted molar refractivity (Wildman–Crippen MR) is 82.5 cm³/mol. The lowest BCUT2D eigenvalue weighted by atomic mass is 9.76. The zero-order valence-corrected chi connectivity index (χ0v) is 12.7. The Hall–Kier alpha value is -1.06. The second-order valence-electron chi connectivity index (χ2n) is 5.65. The second-order valence-corrected chi connectivity index (χ2v) is 5.65. The molecular formula is C17H27NO2. The Morgan fingerprint density at radius 3 is 2.45 bits per heavy atom. The van der Waals surface area contributed by atoms with Crippen LogP contribution < -0.4 is 10.1 Å². The summed E-state index contributed by atoms with van der Waals surface area (Å²) < 4.78 is 10.2. The van der Waals surface area contributed by atoms with Gasteiger partial charge in [-0.15, -0.1) is 0 Å². The molecular weight excluding hydrogens is 250 g/mol. The first-order chi connectivity index (χ1) is 9.83. The van der Waals surface area contributed by atoms with Crippen molar-refractivity contribution in [2.45, 2.75) is 44.1 Å². The van der Waals surface area contributed by atoms with Gasteiger partial charge in [-0.2, -0.15) is 0 Å². The summed E-state index contributed by atoms with van der Waals surface area (Å²) in [6.45, 7) is 2.03. The molecule has 1 N–H and O–H groups in total. The van der Waals surface area contributed by atoms with Crippen molar-refractivity contribution in [2.75, 3.05) is 27.4 Å². The van der Waals surface area contributed by atoms with Gasteiger partial charge in [-0.25, -0.2) is 0 Å². The highest BCUT2D eigenvalue weighted by Crippen LogP contribution is 2.37. The number of nitrogens with one attached hydrogen (secondary N) is 1. The third-order valence-electron chi connectivity index (χ3n) is 4.18. The van der Waals surface area contributed by atoms with E-state index in [9.17, 15) is 0 Å². The van der Waals surface area contributed by atoms with Crippen LogP contribution in [0, 0.1) is 0 Å². The zero-order valence-electron chi connectivity index (χ0n) is 12.7. The van der Waals surface area contributed by atoms with Gasteiger partial charge < -0.3 is 14.8 Å². The maximum atomic E-state index is 5.19. The molecule has 1 fully saturated rings. The summed E-state index contributed by atoms with van der Waals surface area (Å²) in [5.41, 5.74) is 1.45. The van der Waals surface area contributed by atoms with E-state index in [2.05, 4.69) is 29.6 Å². The minimum atomic E-state index is 0.713. The molecule has 0 radical (unpaired) electrons. The molecule has 1 aromatic rings. The van der Waals surface area contributed by atoms with Crippen molar-refractivity contribution in [2.24, 2.45) is 0 Å². The summed E-state index contributed by atoms with van der Waals surface area (Å²) in [5.74, 6) is 1.67. The smallest absolute Gasteiger partial charge is 0.118 e. The largest absolute Gasteiger partial charge is 0.497 e. The molecule has 0 aliphatic heterocycles. The molecule has 0 spiro atoms. The normalized spacial score (nSPS) is 21.5. The third-order valence-corrected chi connectivity index (χ3v) is 4.18. The highest BCUT2D eigenvalue weighted by molar-refractivity contribution is 5.30. The molecule has 0 bridgehead atoms. The Kier molecular flexibility index (Phi) is 6.34. The SMILES string of the molecule is COCCCCCNC1CC(c2ccc(OC)cc2)C1. The number of methoxy groups -OCH3 is 2. The standard InChI is InChI=1S/C17H27NO2/c1-19-11-5-3-4-10-18-16-12-15(13-16)14-6-8-17(20-2)9-7-14/h6-9,15-16,18H,3-5,10-13H2,1-2H3. The van der Waals surface area contributed by atoms with Crippen LogP contribution in [0.25, 0.3) is 0 Å². The van der Waals surface area contributed by atoms with Crippen LogP contribution in [0.2, 0.25) is 0 Å². The molecule has 1 aromatic carbocycles. The Balaban J connectivity index is 1.57. The number of ether oxygens (including phenoxy) is 2. The van der Waals surface area contributed by atoms with Crippen molar-refractivity contribution in [3.05, 3.63) is 29.8 Å². The summed E-state index contributed by atoms with van der Waals surface area (Å²) in [4.78, 5) is 0. The van der Waals surface area contributed by atoms with Crippen LogP contribution in [-0.2, 0) is 4.74 Å².